The number of rotatable bonds is 3. The fourth-order valence-corrected chi connectivity index (χ4v) is 2.86. The van der Waals surface area contributed by atoms with Crippen molar-refractivity contribution in [3.05, 3.63) is 35.4 Å². The van der Waals surface area contributed by atoms with Gasteiger partial charge in [0.15, 0.2) is 11.6 Å². The normalized spacial score (nSPS) is 28.3. The van der Waals surface area contributed by atoms with E-state index in [1.807, 2.05) is 0 Å². The zero-order chi connectivity index (χ0) is 13.2. The Morgan fingerprint density at radius 3 is 2.67 bits per heavy atom. The molecule has 2 nitrogen and oxygen atoms in total. The number of hydrogen-bond acceptors (Lipinski definition) is 2. The molecule has 4 heteroatoms. The first-order valence-corrected chi connectivity index (χ1v) is 6.39. The lowest BCUT2D eigenvalue weighted by Gasteiger charge is -2.41. The molecule has 3 N–H and O–H groups in total. The van der Waals surface area contributed by atoms with Crippen LogP contribution < -0.4 is 5.73 Å². The highest BCUT2D eigenvalue weighted by Crippen LogP contribution is 2.38. The van der Waals surface area contributed by atoms with E-state index in [9.17, 15) is 13.9 Å². The Kier molecular flexibility index (Phi) is 3.97. The number of aliphatic hydroxyl groups is 1. The zero-order valence-electron chi connectivity index (χ0n) is 10.3. The highest BCUT2D eigenvalue weighted by atomic mass is 19.2. The number of aliphatic hydroxyl groups excluding tert-OH is 1. The molecule has 18 heavy (non-hydrogen) atoms. The van der Waals surface area contributed by atoms with Crippen molar-refractivity contribution in [1.29, 1.82) is 0 Å². The lowest BCUT2D eigenvalue weighted by atomic mass is 9.68. The Labute approximate surface area is 106 Å². The van der Waals surface area contributed by atoms with Crippen molar-refractivity contribution in [2.75, 3.05) is 6.54 Å². The summed E-state index contributed by atoms with van der Waals surface area (Å²) in [6.07, 6.45) is 3.65. The Morgan fingerprint density at radius 1 is 1.28 bits per heavy atom. The van der Waals surface area contributed by atoms with Gasteiger partial charge in [0.25, 0.3) is 0 Å². The third kappa shape index (κ3) is 2.54. The van der Waals surface area contributed by atoms with Crippen LogP contribution in [0.2, 0.25) is 0 Å². The van der Waals surface area contributed by atoms with E-state index in [0.29, 0.717) is 18.5 Å². The molecule has 2 atom stereocenters. The third-order valence-electron chi connectivity index (χ3n) is 4.06. The predicted molar refractivity (Wildman–Crippen MR) is 66.0 cm³/mol. The van der Waals surface area contributed by atoms with E-state index in [2.05, 4.69) is 0 Å². The molecule has 1 aliphatic rings. The summed E-state index contributed by atoms with van der Waals surface area (Å²) in [5.74, 6) is -1.69. The molecule has 0 aliphatic heterocycles. The summed E-state index contributed by atoms with van der Waals surface area (Å²) in [7, 11) is 0. The summed E-state index contributed by atoms with van der Waals surface area (Å²) >= 11 is 0. The summed E-state index contributed by atoms with van der Waals surface area (Å²) in [6.45, 7) is 0.368. The highest BCUT2D eigenvalue weighted by Gasteiger charge is 2.38. The van der Waals surface area contributed by atoms with Crippen molar-refractivity contribution in [3.63, 3.8) is 0 Å². The molecule has 1 aromatic carbocycles. The van der Waals surface area contributed by atoms with Gasteiger partial charge in [-0.1, -0.05) is 18.9 Å². The number of nitrogens with two attached hydrogens (primary N) is 1. The van der Waals surface area contributed by atoms with Crippen molar-refractivity contribution in [2.45, 2.75) is 38.2 Å². The highest BCUT2D eigenvalue weighted by molar-refractivity contribution is 5.20. The minimum atomic E-state index is -0.843. The van der Waals surface area contributed by atoms with Gasteiger partial charge in [-0.15, -0.1) is 0 Å². The molecule has 2 rings (SSSR count). The van der Waals surface area contributed by atoms with Crippen LogP contribution in [0.5, 0.6) is 0 Å². The predicted octanol–water partition coefficient (Wildman–Crippen LogP) is 2.39. The largest absolute Gasteiger partial charge is 0.392 e. The van der Waals surface area contributed by atoms with Crippen molar-refractivity contribution in [1.82, 2.24) is 0 Å². The van der Waals surface area contributed by atoms with E-state index >= 15 is 0 Å². The van der Waals surface area contributed by atoms with Gasteiger partial charge < -0.3 is 10.8 Å². The van der Waals surface area contributed by atoms with E-state index in [-0.39, 0.29) is 5.41 Å². The van der Waals surface area contributed by atoms with E-state index in [1.54, 1.807) is 6.07 Å². The van der Waals surface area contributed by atoms with Gasteiger partial charge in [-0.05, 0) is 37.0 Å². The molecule has 0 amide bonds. The van der Waals surface area contributed by atoms with Gasteiger partial charge in [0, 0.05) is 12.0 Å². The quantitative estimate of drug-likeness (QED) is 0.871. The topological polar surface area (TPSA) is 46.2 Å². The second-order valence-corrected chi connectivity index (χ2v) is 5.25. The summed E-state index contributed by atoms with van der Waals surface area (Å²) in [5.41, 5.74) is 6.12. The van der Waals surface area contributed by atoms with Crippen LogP contribution in [0, 0.1) is 17.0 Å². The van der Waals surface area contributed by atoms with Crippen LogP contribution in [0.15, 0.2) is 18.2 Å². The first-order valence-electron chi connectivity index (χ1n) is 6.39. The molecule has 0 saturated heterocycles. The Balaban J connectivity index is 2.21. The maximum Gasteiger partial charge on any atom is 0.159 e. The van der Waals surface area contributed by atoms with Crippen LogP contribution in [0.25, 0.3) is 0 Å². The second-order valence-electron chi connectivity index (χ2n) is 5.25. The molecule has 0 heterocycles. The molecular formula is C14H19F2NO. The minimum Gasteiger partial charge on any atom is -0.392 e. The average molecular weight is 255 g/mol. The summed E-state index contributed by atoms with van der Waals surface area (Å²) in [5, 5.41) is 10.2. The Hall–Kier alpha value is -1.00. The van der Waals surface area contributed by atoms with E-state index in [1.165, 1.54) is 6.07 Å². The average Bonchev–Trinajstić information content (AvgIpc) is 2.37. The number of halogens is 2. The molecule has 1 saturated carbocycles. The van der Waals surface area contributed by atoms with Gasteiger partial charge in [-0.3, -0.25) is 0 Å². The smallest absolute Gasteiger partial charge is 0.159 e. The molecule has 100 valence electrons. The van der Waals surface area contributed by atoms with Crippen molar-refractivity contribution < 1.29 is 13.9 Å². The zero-order valence-corrected chi connectivity index (χ0v) is 10.3. The lowest BCUT2D eigenvalue weighted by Crippen LogP contribution is -2.45. The van der Waals surface area contributed by atoms with Crippen molar-refractivity contribution >= 4 is 0 Å². The van der Waals surface area contributed by atoms with Gasteiger partial charge in [-0.2, -0.15) is 0 Å². The molecule has 0 aromatic heterocycles. The first-order chi connectivity index (χ1) is 8.57. The van der Waals surface area contributed by atoms with E-state index in [4.69, 9.17) is 5.73 Å². The summed E-state index contributed by atoms with van der Waals surface area (Å²) < 4.78 is 26.1. The van der Waals surface area contributed by atoms with E-state index in [0.717, 1.165) is 31.7 Å². The number of hydrogen-bond donors (Lipinski definition) is 2. The van der Waals surface area contributed by atoms with Crippen molar-refractivity contribution in [2.24, 2.45) is 11.1 Å². The van der Waals surface area contributed by atoms with Crippen LogP contribution in [0.4, 0.5) is 8.78 Å². The maximum atomic E-state index is 13.2. The first kappa shape index (κ1) is 13.4. The standard InChI is InChI=1S/C14H19F2NO/c15-11-5-4-10(7-12(11)16)8-14(9-17)6-2-1-3-13(14)18/h4-5,7,13,18H,1-3,6,8-9,17H2. The van der Waals surface area contributed by atoms with Gasteiger partial charge >= 0.3 is 0 Å². The SMILES string of the molecule is NCC1(Cc2ccc(F)c(F)c2)CCCCC1O. The molecule has 1 aliphatic carbocycles. The van der Waals surface area contributed by atoms with Crippen LogP contribution >= 0.6 is 0 Å². The van der Waals surface area contributed by atoms with Gasteiger partial charge in [0.05, 0.1) is 6.10 Å². The Bertz CT molecular complexity index is 424. The van der Waals surface area contributed by atoms with Crippen LogP contribution in [0.1, 0.15) is 31.2 Å². The molecule has 1 fully saturated rings. The molecule has 2 unspecified atom stereocenters. The second kappa shape index (κ2) is 5.33. The fourth-order valence-electron chi connectivity index (χ4n) is 2.86. The van der Waals surface area contributed by atoms with Crippen LogP contribution in [0.3, 0.4) is 0 Å². The lowest BCUT2D eigenvalue weighted by molar-refractivity contribution is -0.00589. The molecular weight excluding hydrogens is 236 g/mol. The van der Waals surface area contributed by atoms with E-state index < -0.39 is 17.7 Å². The van der Waals surface area contributed by atoms with Gasteiger partial charge in [-0.25, -0.2) is 8.78 Å². The molecule has 0 radical (unpaired) electrons. The Morgan fingerprint density at radius 2 is 2.06 bits per heavy atom. The third-order valence-corrected chi connectivity index (χ3v) is 4.06. The minimum absolute atomic E-state index is 0.368. The monoisotopic (exact) mass is 255 g/mol. The van der Waals surface area contributed by atoms with Crippen LogP contribution in [-0.4, -0.2) is 17.8 Å². The van der Waals surface area contributed by atoms with Gasteiger partial charge in [0.1, 0.15) is 0 Å². The summed E-state index contributed by atoms with van der Waals surface area (Å²) in [4.78, 5) is 0. The maximum absolute atomic E-state index is 13.2. The van der Waals surface area contributed by atoms with Crippen molar-refractivity contribution in [3.8, 4) is 0 Å². The van der Waals surface area contributed by atoms with Crippen LogP contribution in [-0.2, 0) is 6.42 Å². The fraction of sp³-hybridized carbons (Fsp3) is 0.571. The summed E-state index contributed by atoms with van der Waals surface area (Å²) in [6, 6.07) is 3.90. The molecule has 0 spiro atoms. The molecule has 0 bridgehead atoms. The number of benzene rings is 1. The molecule has 1 aromatic rings. The van der Waals surface area contributed by atoms with Gasteiger partial charge in [0.2, 0.25) is 0 Å².